The lowest BCUT2D eigenvalue weighted by Crippen LogP contribution is -2.23. The third kappa shape index (κ3) is 4.23. The highest BCUT2D eigenvalue weighted by Gasteiger charge is 2.19. The van der Waals surface area contributed by atoms with Crippen molar-refractivity contribution in [3.8, 4) is 5.69 Å². The smallest absolute Gasteiger partial charge is 0.237 e. The van der Waals surface area contributed by atoms with Crippen molar-refractivity contribution in [2.75, 3.05) is 5.32 Å². The van der Waals surface area contributed by atoms with Crippen molar-refractivity contribution in [3.05, 3.63) is 71.5 Å². The molecule has 0 fully saturated rings. The number of hydrogen-bond donors (Lipinski definition) is 1. The monoisotopic (exact) mass is 393 g/mol. The lowest BCUT2D eigenvalue weighted by Gasteiger charge is -2.14. The Morgan fingerprint density at radius 1 is 1.23 bits per heavy atom. The molecule has 1 heterocycles. The zero-order chi connectivity index (χ0) is 18.7. The Labute approximate surface area is 158 Å². The summed E-state index contributed by atoms with van der Waals surface area (Å²) >= 11 is 7.14. The largest absolute Gasteiger partial charge is 0.324 e. The topological polar surface area (TPSA) is 46.9 Å². The van der Waals surface area contributed by atoms with E-state index in [0.717, 1.165) is 6.07 Å². The minimum absolute atomic E-state index is 0.122. The lowest BCUT2D eigenvalue weighted by molar-refractivity contribution is -0.115. The SMILES string of the molecule is CC(Sc1nccn1-c1cccc(F)c1)C(=O)Nc1ccc(F)cc1Cl. The Bertz CT molecular complexity index is 948. The molecule has 0 saturated carbocycles. The average Bonchev–Trinajstić information content (AvgIpc) is 3.05. The van der Waals surface area contributed by atoms with E-state index in [-0.39, 0.29) is 16.7 Å². The van der Waals surface area contributed by atoms with Gasteiger partial charge in [-0.3, -0.25) is 9.36 Å². The van der Waals surface area contributed by atoms with Crippen LogP contribution in [0, 0.1) is 11.6 Å². The molecule has 1 amide bonds. The van der Waals surface area contributed by atoms with Crippen LogP contribution in [-0.2, 0) is 4.79 Å². The van der Waals surface area contributed by atoms with Crippen LogP contribution in [0.5, 0.6) is 0 Å². The summed E-state index contributed by atoms with van der Waals surface area (Å²) in [6.07, 6.45) is 3.27. The Balaban J connectivity index is 1.73. The third-order valence-corrected chi connectivity index (χ3v) is 4.93. The van der Waals surface area contributed by atoms with E-state index in [1.54, 1.807) is 36.0 Å². The molecule has 0 spiro atoms. The summed E-state index contributed by atoms with van der Waals surface area (Å²) in [5.41, 5.74) is 0.943. The summed E-state index contributed by atoms with van der Waals surface area (Å²) in [4.78, 5) is 16.6. The number of nitrogens with one attached hydrogen (secondary N) is 1. The number of aromatic nitrogens is 2. The molecule has 1 N–H and O–H groups in total. The molecular formula is C18H14ClF2N3OS. The number of amides is 1. The fourth-order valence-corrected chi connectivity index (χ4v) is 3.33. The number of nitrogens with zero attached hydrogens (tertiary/aromatic N) is 2. The van der Waals surface area contributed by atoms with Gasteiger partial charge in [0.2, 0.25) is 5.91 Å². The Kier molecular flexibility index (Phi) is 5.58. The normalized spacial score (nSPS) is 12.0. The van der Waals surface area contributed by atoms with Crippen LogP contribution < -0.4 is 5.32 Å². The lowest BCUT2D eigenvalue weighted by atomic mass is 10.3. The molecule has 0 aliphatic heterocycles. The van der Waals surface area contributed by atoms with Gasteiger partial charge in [-0.05, 0) is 43.3 Å². The maximum atomic E-state index is 13.4. The summed E-state index contributed by atoms with van der Waals surface area (Å²) in [5.74, 6) is -1.14. The minimum atomic E-state index is -0.508. The standard InChI is InChI=1S/C18H14ClF2N3OS/c1-11(17(25)23-16-6-5-13(21)10-15(16)19)26-18-22-7-8-24(18)14-4-2-3-12(20)9-14/h2-11H,1H3,(H,23,25). The first-order valence-corrected chi connectivity index (χ1v) is 8.91. The molecule has 2 aromatic carbocycles. The van der Waals surface area contributed by atoms with E-state index in [2.05, 4.69) is 10.3 Å². The molecule has 26 heavy (non-hydrogen) atoms. The van der Waals surface area contributed by atoms with E-state index in [1.165, 1.54) is 36.0 Å². The van der Waals surface area contributed by atoms with E-state index >= 15 is 0 Å². The Morgan fingerprint density at radius 3 is 2.73 bits per heavy atom. The van der Waals surface area contributed by atoms with E-state index in [9.17, 15) is 13.6 Å². The van der Waals surface area contributed by atoms with Gasteiger partial charge in [0, 0.05) is 12.4 Å². The van der Waals surface area contributed by atoms with E-state index < -0.39 is 11.1 Å². The second-order valence-electron chi connectivity index (χ2n) is 5.43. The number of rotatable bonds is 5. The molecule has 0 aliphatic carbocycles. The van der Waals surface area contributed by atoms with Gasteiger partial charge in [0.15, 0.2) is 5.16 Å². The van der Waals surface area contributed by atoms with Crippen molar-refractivity contribution in [2.24, 2.45) is 0 Å². The molecule has 134 valence electrons. The first kappa shape index (κ1) is 18.4. The fourth-order valence-electron chi connectivity index (χ4n) is 2.24. The first-order chi connectivity index (χ1) is 12.4. The molecular weight excluding hydrogens is 380 g/mol. The summed E-state index contributed by atoms with van der Waals surface area (Å²) in [6, 6.07) is 9.84. The first-order valence-electron chi connectivity index (χ1n) is 7.66. The van der Waals surface area contributed by atoms with Gasteiger partial charge in [0.25, 0.3) is 0 Å². The van der Waals surface area contributed by atoms with Gasteiger partial charge >= 0.3 is 0 Å². The van der Waals surface area contributed by atoms with Crippen molar-refractivity contribution in [3.63, 3.8) is 0 Å². The average molecular weight is 394 g/mol. The van der Waals surface area contributed by atoms with Crippen molar-refractivity contribution < 1.29 is 13.6 Å². The van der Waals surface area contributed by atoms with E-state index in [4.69, 9.17) is 11.6 Å². The summed E-state index contributed by atoms with van der Waals surface area (Å²) < 4.78 is 28.2. The number of thioether (sulfide) groups is 1. The number of benzene rings is 2. The second kappa shape index (κ2) is 7.88. The predicted octanol–water partition coefficient (Wildman–Crippen LogP) is 4.92. The van der Waals surface area contributed by atoms with Crippen molar-refractivity contribution in [2.45, 2.75) is 17.3 Å². The van der Waals surface area contributed by atoms with Gasteiger partial charge in [-0.1, -0.05) is 29.4 Å². The zero-order valence-electron chi connectivity index (χ0n) is 13.6. The van der Waals surface area contributed by atoms with Crippen LogP contribution in [-0.4, -0.2) is 20.7 Å². The summed E-state index contributed by atoms with van der Waals surface area (Å²) in [7, 11) is 0. The van der Waals surface area contributed by atoms with Crippen molar-refractivity contribution >= 4 is 35.0 Å². The maximum Gasteiger partial charge on any atom is 0.237 e. The summed E-state index contributed by atoms with van der Waals surface area (Å²) in [6.45, 7) is 1.71. The minimum Gasteiger partial charge on any atom is -0.324 e. The fraction of sp³-hybridized carbons (Fsp3) is 0.111. The van der Waals surface area contributed by atoms with Gasteiger partial charge in [-0.15, -0.1) is 0 Å². The molecule has 4 nitrogen and oxygen atoms in total. The van der Waals surface area contributed by atoms with Crippen molar-refractivity contribution in [1.29, 1.82) is 0 Å². The Morgan fingerprint density at radius 2 is 2.00 bits per heavy atom. The summed E-state index contributed by atoms with van der Waals surface area (Å²) in [5, 5.41) is 2.82. The molecule has 0 aliphatic rings. The van der Waals surface area contributed by atoms with Crippen LogP contribution in [0.2, 0.25) is 5.02 Å². The van der Waals surface area contributed by atoms with Crippen LogP contribution in [0.4, 0.5) is 14.5 Å². The molecule has 1 aromatic heterocycles. The number of hydrogen-bond acceptors (Lipinski definition) is 3. The molecule has 0 radical (unpaired) electrons. The molecule has 1 atom stereocenters. The highest BCUT2D eigenvalue weighted by atomic mass is 35.5. The van der Waals surface area contributed by atoms with Crippen LogP contribution in [0.1, 0.15) is 6.92 Å². The number of anilines is 1. The second-order valence-corrected chi connectivity index (χ2v) is 7.15. The Hall–Kier alpha value is -2.38. The van der Waals surface area contributed by atoms with Gasteiger partial charge < -0.3 is 5.32 Å². The molecule has 8 heteroatoms. The number of carbonyl (C=O) groups is 1. The van der Waals surface area contributed by atoms with E-state index in [0.29, 0.717) is 16.5 Å². The van der Waals surface area contributed by atoms with Crippen molar-refractivity contribution in [1.82, 2.24) is 9.55 Å². The molecule has 1 unspecified atom stereocenters. The predicted molar refractivity (Wildman–Crippen MR) is 98.9 cm³/mol. The van der Waals surface area contributed by atoms with Gasteiger partial charge in [0.05, 0.1) is 21.6 Å². The highest BCUT2D eigenvalue weighted by molar-refractivity contribution is 8.00. The number of imidazole rings is 1. The molecule has 3 rings (SSSR count). The highest BCUT2D eigenvalue weighted by Crippen LogP contribution is 2.27. The van der Waals surface area contributed by atoms with Crippen LogP contribution in [0.3, 0.4) is 0 Å². The van der Waals surface area contributed by atoms with Gasteiger partial charge in [-0.2, -0.15) is 0 Å². The van der Waals surface area contributed by atoms with Gasteiger partial charge in [0.1, 0.15) is 11.6 Å². The quantitative estimate of drug-likeness (QED) is 0.625. The number of halogens is 3. The van der Waals surface area contributed by atoms with Crippen LogP contribution >= 0.6 is 23.4 Å². The van der Waals surface area contributed by atoms with Crippen LogP contribution in [0.15, 0.2) is 60.0 Å². The molecule has 0 bridgehead atoms. The molecule has 3 aromatic rings. The molecule has 0 saturated heterocycles. The zero-order valence-corrected chi connectivity index (χ0v) is 15.2. The van der Waals surface area contributed by atoms with Gasteiger partial charge in [-0.25, -0.2) is 13.8 Å². The van der Waals surface area contributed by atoms with Crippen LogP contribution in [0.25, 0.3) is 5.69 Å². The number of carbonyl (C=O) groups excluding carboxylic acids is 1. The van der Waals surface area contributed by atoms with E-state index in [1.807, 2.05) is 0 Å². The maximum absolute atomic E-state index is 13.4. The third-order valence-electron chi connectivity index (χ3n) is 3.53.